The fraction of sp³-hybridized carbons (Fsp3) is 0.111. The fourth-order valence-corrected chi connectivity index (χ4v) is 3.15. The zero-order valence-electron chi connectivity index (χ0n) is 12.9. The van der Waals surface area contributed by atoms with Gasteiger partial charge in [0, 0.05) is 12.0 Å². The van der Waals surface area contributed by atoms with Gasteiger partial charge in [-0.05, 0) is 46.3 Å². The summed E-state index contributed by atoms with van der Waals surface area (Å²) >= 11 is 3.20. The van der Waals surface area contributed by atoms with Crippen LogP contribution in [-0.4, -0.2) is 21.7 Å². The molecule has 1 amide bonds. The lowest BCUT2D eigenvalue weighted by molar-refractivity contribution is 0.0675. The lowest BCUT2D eigenvalue weighted by Gasteiger charge is -2.21. The Bertz CT molecular complexity index is 946. The molecule has 0 radical (unpaired) electrons. The first-order valence-electron chi connectivity index (χ1n) is 7.61. The zero-order valence-corrected chi connectivity index (χ0v) is 14.5. The van der Waals surface area contributed by atoms with Gasteiger partial charge in [-0.15, -0.1) is 0 Å². The van der Waals surface area contributed by atoms with Crippen molar-refractivity contribution in [2.24, 2.45) is 5.10 Å². The van der Waals surface area contributed by atoms with Gasteiger partial charge in [-0.1, -0.05) is 18.2 Å². The molecule has 4 rings (SSSR count). The van der Waals surface area contributed by atoms with Crippen molar-refractivity contribution in [3.63, 3.8) is 0 Å². The van der Waals surface area contributed by atoms with Crippen LogP contribution in [0.25, 0.3) is 0 Å². The number of aromatic hydroxyl groups is 1. The van der Waals surface area contributed by atoms with Crippen LogP contribution in [-0.2, 0) is 0 Å². The van der Waals surface area contributed by atoms with Crippen LogP contribution in [0, 0.1) is 0 Å². The Hall–Kier alpha value is -2.80. The first-order valence-corrected chi connectivity index (χ1v) is 8.41. The van der Waals surface area contributed by atoms with E-state index in [1.54, 1.807) is 48.7 Å². The largest absolute Gasteiger partial charge is 0.508 e. The number of nitrogens with zero attached hydrogens (tertiary/aromatic N) is 2. The number of furan rings is 2. The van der Waals surface area contributed by atoms with Crippen molar-refractivity contribution in [2.75, 3.05) is 0 Å². The Balaban J connectivity index is 1.75. The molecule has 1 aliphatic heterocycles. The number of para-hydroxylation sites is 1. The Kier molecular flexibility index (Phi) is 3.93. The van der Waals surface area contributed by atoms with Gasteiger partial charge in [-0.25, -0.2) is 5.01 Å². The van der Waals surface area contributed by atoms with E-state index in [1.807, 2.05) is 6.07 Å². The maximum atomic E-state index is 12.9. The molecule has 1 aromatic carbocycles. The zero-order chi connectivity index (χ0) is 17.4. The van der Waals surface area contributed by atoms with Crippen molar-refractivity contribution < 1.29 is 18.7 Å². The maximum Gasteiger partial charge on any atom is 0.310 e. The van der Waals surface area contributed by atoms with Crippen LogP contribution >= 0.6 is 15.9 Å². The summed E-state index contributed by atoms with van der Waals surface area (Å²) in [5.74, 6) is 0.482. The minimum atomic E-state index is -0.447. The molecule has 7 heteroatoms. The second kappa shape index (κ2) is 6.25. The minimum absolute atomic E-state index is 0.113. The molecule has 0 saturated heterocycles. The molecule has 0 saturated carbocycles. The molecule has 1 aliphatic rings. The van der Waals surface area contributed by atoms with Crippen LogP contribution in [0.2, 0.25) is 0 Å². The number of benzene rings is 1. The van der Waals surface area contributed by atoms with Crippen molar-refractivity contribution in [1.29, 1.82) is 0 Å². The molecular formula is C18H13BrN2O4. The van der Waals surface area contributed by atoms with E-state index < -0.39 is 6.04 Å². The van der Waals surface area contributed by atoms with Crippen LogP contribution in [0.4, 0.5) is 0 Å². The van der Waals surface area contributed by atoms with Gasteiger partial charge in [0.25, 0.3) is 0 Å². The molecule has 0 spiro atoms. The third-order valence-corrected chi connectivity index (χ3v) is 4.43. The molecule has 0 fully saturated rings. The first kappa shape index (κ1) is 15.7. The van der Waals surface area contributed by atoms with Gasteiger partial charge in [0.15, 0.2) is 10.4 Å². The smallest absolute Gasteiger partial charge is 0.310 e. The summed E-state index contributed by atoms with van der Waals surface area (Å²) in [6.07, 6.45) is 1.99. The first-order chi connectivity index (χ1) is 12.1. The highest BCUT2D eigenvalue weighted by molar-refractivity contribution is 9.10. The molecular weight excluding hydrogens is 388 g/mol. The highest BCUT2D eigenvalue weighted by Gasteiger charge is 2.36. The molecule has 0 unspecified atom stereocenters. The standard InChI is InChI=1S/C18H13BrN2O4/c19-17-8-7-16(25-17)18(23)21-13(11-4-1-2-5-14(11)22)10-12(20-21)15-6-3-9-24-15/h1-9,13,22H,10H2/t13-/m0/s1. The number of phenols is 1. The average Bonchev–Trinajstić information content (AvgIpc) is 3.34. The van der Waals surface area contributed by atoms with E-state index >= 15 is 0 Å². The maximum absolute atomic E-state index is 12.9. The predicted molar refractivity (Wildman–Crippen MR) is 93.3 cm³/mol. The van der Waals surface area contributed by atoms with Gasteiger partial charge < -0.3 is 13.9 Å². The van der Waals surface area contributed by atoms with E-state index in [0.717, 1.165) is 0 Å². The molecule has 0 bridgehead atoms. The summed E-state index contributed by atoms with van der Waals surface area (Å²) in [5, 5.41) is 16.0. The second-order valence-corrected chi connectivity index (χ2v) is 6.34. The van der Waals surface area contributed by atoms with E-state index in [9.17, 15) is 9.90 Å². The molecule has 1 N–H and O–H groups in total. The minimum Gasteiger partial charge on any atom is -0.508 e. The molecule has 25 heavy (non-hydrogen) atoms. The van der Waals surface area contributed by atoms with E-state index in [-0.39, 0.29) is 17.4 Å². The van der Waals surface area contributed by atoms with E-state index in [1.165, 1.54) is 5.01 Å². The summed E-state index contributed by atoms with van der Waals surface area (Å²) in [7, 11) is 0. The molecule has 0 aliphatic carbocycles. The molecule has 1 atom stereocenters. The fourth-order valence-electron chi connectivity index (χ4n) is 2.84. The van der Waals surface area contributed by atoms with E-state index in [4.69, 9.17) is 8.83 Å². The number of halogens is 1. The monoisotopic (exact) mass is 400 g/mol. The summed E-state index contributed by atoms with van der Waals surface area (Å²) in [4.78, 5) is 12.9. The lowest BCUT2D eigenvalue weighted by Crippen LogP contribution is -2.26. The highest BCUT2D eigenvalue weighted by Crippen LogP contribution is 2.38. The predicted octanol–water partition coefficient (Wildman–Crippen LogP) is 4.33. The van der Waals surface area contributed by atoms with Gasteiger partial charge in [-0.3, -0.25) is 4.79 Å². The van der Waals surface area contributed by atoms with Crippen molar-refractivity contribution in [3.8, 4) is 5.75 Å². The molecule has 2 aromatic heterocycles. The number of hydrazone groups is 1. The van der Waals surface area contributed by atoms with E-state index in [0.29, 0.717) is 28.1 Å². The number of amides is 1. The van der Waals surface area contributed by atoms with Crippen molar-refractivity contribution in [1.82, 2.24) is 5.01 Å². The lowest BCUT2D eigenvalue weighted by atomic mass is 10.00. The van der Waals surface area contributed by atoms with E-state index in [2.05, 4.69) is 21.0 Å². The third kappa shape index (κ3) is 2.87. The third-order valence-electron chi connectivity index (χ3n) is 4.00. The SMILES string of the molecule is O=C(c1ccc(Br)o1)N1N=C(c2ccco2)C[C@H]1c1ccccc1O. The van der Waals surface area contributed by atoms with Gasteiger partial charge in [0.2, 0.25) is 0 Å². The average molecular weight is 401 g/mol. The number of carbonyl (C=O) groups excluding carboxylic acids is 1. The molecule has 3 heterocycles. The number of hydrogen-bond acceptors (Lipinski definition) is 5. The van der Waals surface area contributed by atoms with Crippen LogP contribution < -0.4 is 0 Å². The Morgan fingerprint density at radius 3 is 2.72 bits per heavy atom. The Labute approximate surface area is 151 Å². The second-order valence-electron chi connectivity index (χ2n) is 5.56. The van der Waals surface area contributed by atoms with Crippen LogP contribution in [0.5, 0.6) is 5.75 Å². The highest BCUT2D eigenvalue weighted by atomic mass is 79.9. The number of hydrogen-bond donors (Lipinski definition) is 1. The van der Waals surface area contributed by atoms with Gasteiger partial charge >= 0.3 is 5.91 Å². The van der Waals surface area contributed by atoms with Gasteiger partial charge in [0.05, 0.1) is 12.3 Å². The summed E-state index contributed by atoms with van der Waals surface area (Å²) in [6, 6.07) is 13.2. The van der Waals surface area contributed by atoms with Crippen LogP contribution in [0.1, 0.15) is 34.3 Å². The Morgan fingerprint density at radius 2 is 2.04 bits per heavy atom. The van der Waals surface area contributed by atoms with Crippen molar-refractivity contribution in [2.45, 2.75) is 12.5 Å². The normalized spacial score (nSPS) is 16.9. The molecule has 6 nitrogen and oxygen atoms in total. The molecule has 3 aromatic rings. The quantitative estimate of drug-likeness (QED) is 0.709. The number of phenolic OH excluding ortho intramolecular Hbond substituents is 1. The molecule has 126 valence electrons. The summed E-state index contributed by atoms with van der Waals surface area (Å²) in [6.45, 7) is 0. The van der Waals surface area contributed by atoms with Crippen molar-refractivity contribution >= 4 is 27.5 Å². The topological polar surface area (TPSA) is 79.2 Å². The van der Waals surface area contributed by atoms with Gasteiger partial charge in [0.1, 0.15) is 17.2 Å². The van der Waals surface area contributed by atoms with Gasteiger partial charge in [-0.2, -0.15) is 5.10 Å². The Morgan fingerprint density at radius 1 is 1.20 bits per heavy atom. The number of carbonyl (C=O) groups is 1. The summed E-state index contributed by atoms with van der Waals surface area (Å²) < 4.78 is 11.2. The summed E-state index contributed by atoms with van der Waals surface area (Å²) in [5.41, 5.74) is 1.25. The number of rotatable bonds is 3. The van der Waals surface area contributed by atoms with Crippen LogP contribution in [0.15, 0.2) is 73.4 Å². The van der Waals surface area contributed by atoms with Crippen LogP contribution in [0.3, 0.4) is 0 Å². The van der Waals surface area contributed by atoms with Crippen molar-refractivity contribution in [3.05, 3.63) is 76.5 Å².